The number of nitrogens with one attached hydrogen (secondary N) is 1. The van der Waals surface area contributed by atoms with Crippen LogP contribution < -0.4 is 5.32 Å². The summed E-state index contributed by atoms with van der Waals surface area (Å²) >= 11 is 9.24. The maximum absolute atomic E-state index is 11.7. The fraction of sp³-hybridized carbons (Fsp3) is 0.533. The van der Waals surface area contributed by atoms with Gasteiger partial charge in [0, 0.05) is 16.6 Å². The lowest BCUT2D eigenvalue weighted by atomic mass is 10.1. The summed E-state index contributed by atoms with van der Waals surface area (Å²) in [5.74, 6) is 0.0738. The highest BCUT2D eigenvalue weighted by Crippen LogP contribution is 2.25. The first-order valence-corrected chi connectivity index (χ1v) is 8.05. The Morgan fingerprint density at radius 2 is 1.89 bits per heavy atom. The monoisotopic (exact) mass is 345 g/mol. The average molecular weight is 347 g/mol. The van der Waals surface area contributed by atoms with Crippen molar-refractivity contribution in [3.63, 3.8) is 0 Å². The SMILES string of the molecule is CCCCCCCCC(=O)Nc1ccc(Cl)c(Br)c1. The van der Waals surface area contributed by atoms with Crippen molar-refractivity contribution in [3.05, 3.63) is 27.7 Å². The number of carbonyl (C=O) groups excluding carboxylic acids is 1. The van der Waals surface area contributed by atoms with Crippen molar-refractivity contribution in [2.45, 2.75) is 51.9 Å². The molecule has 0 spiro atoms. The molecule has 0 radical (unpaired) electrons. The lowest BCUT2D eigenvalue weighted by Crippen LogP contribution is -2.10. The minimum Gasteiger partial charge on any atom is -0.326 e. The zero-order valence-corrected chi connectivity index (χ0v) is 13.7. The van der Waals surface area contributed by atoms with Crippen LogP contribution in [0.3, 0.4) is 0 Å². The van der Waals surface area contributed by atoms with Gasteiger partial charge in [-0.15, -0.1) is 0 Å². The minimum atomic E-state index is 0.0738. The van der Waals surface area contributed by atoms with Crippen LogP contribution in [0.15, 0.2) is 22.7 Å². The highest BCUT2D eigenvalue weighted by atomic mass is 79.9. The number of hydrogen-bond donors (Lipinski definition) is 1. The summed E-state index contributed by atoms with van der Waals surface area (Å²) in [5, 5.41) is 3.53. The van der Waals surface area contributed by atoms with Gasteiger partial charge in [-0.1, -0.05) is 50.6 Å². The van der Waals surface area contributed by atoms with E-state index in [1.165, 1.54) is 25.7 Å². The fourth-order valence-electron chi connectivity index (χ4n) is 1.86. The first kappa shape index (κ1) is 16.5. The van der Waals surface area contributed by atoms with Gasteiger partial charge in [0.15, 0.2) is 0 Å². The highest BCUT2D eigenvalue weighted by molar-refractivity contribution is 9.10. The standard InChI is InChI=1S/C15H21BrClNO/c1-2-3-4-5-6-7-8-15(19)18-12-9-10-14(17)13(16)11-12/h9-11H,2-8H2,1H3,(H,18,19). The third kappa shape index (κ3) is 6.98. The topological polar surface area (TPSA) is 29.1 Å². The molecule has 0 atom stereocenters. The lowest BCUT2D eigenvalue weighted by molar-refractivity contribution is -0.116. The van der Waals surface area contributed by atoms with Gasteiger partial charge in [0.2, 0.25) is 5.91 Å². The maximum atomic E-state index is 11.7. The zero-order chi connectivity index (χ0) is 14.1. The second-order valence-electron chi connectivity index (χ2n) is 4.69. The number of unbranched alkanes of at least 4 members (excludes halogenated alkanes) is 5. The predicted octanol–water partition coefficient (Wildman–Crippen LogP) is 5.79. The second kappa shape index (κ2) is 9.38. The third-order valence-electron chi connectivity index (χ3n) is 2.96. The highest BCUT2D eigenvalue weighted by Gasteiger charge is 2.04. The van der Waals surface area contributed by atoms with E-state index in [9.17, 15) is 4.79 Å². The summed E-state index contributed by atoms with van der Waals surface area (Å²) < 4.78 is 0.798. The Labute approximate surface area is 129 Å². The number of amides is 1. The molecule has 1 N–H and O–H groups in total. The van der Waals surface area contributed by atoms with E-state index in [4.69, 9.17) is 11.6 Å². The molecule has 1 amide bonds. The van der Waals surface area contributed by atoms with Gasteiger partial charge in [0.05, 0.1) is 5.02 Å². The molecule has 0 fully saturated rings. The molecule has 0 unspecified atom stereocenters. The summed E-state index contributed by atoms with van der Waals surface area (Å²) in [4.78, 5) is 11.7. The molecule has 106 valence electrons. The van der Waals surface area contributed by atoms with Crippen LogP contribution in [0.4, 0.5) is 5.69 Å². The molecule has 19 heavy (non-hydrogen) atoms. The molecular formula is C15H21BrClNO. The first-order chi connectivity index (χ1) is 9.13. The van der Waals surface area contributed by atoms with Crippen molar-refractivity contribution in [3.8, 4) is 0 Å². The number of rotatable bonds is 8. The predicted molar refractivity (Wildman–Crippen MR) is 85.8 cm³/mol. The fourth-order valence-corrected chi connectivity index (χ4v) is 2.36. The Kier molecular flexibility index (Phi) is 8.15. The summed E-state index contributed by atoms with van der Waals surface area (Å²) in [6.07, 6.45) is 7.75. The van der Waals surface area contributed by atoms with Crippen molar-refractivity contribution >= 4 is 39.1 Å². The molecule has 1 aromatic carbocycles. The number of benzene rings is 1. The van der Waals surface area contributed by atoms with E-state index in [-0.39, 0.29) is 5.91 Å². The van der Waals surface area contributed by atoms with Crippen molar-refractivity contribution in [1.82, 2.24) is 0 Å². The Hall–Kier alpha value is -0.540. The number of hydrogen-bond acceptors (Lipinski definition) is 1. The van der Waals surface area contributed by atoms with E-state index in [2.05, 4.69) is 28.2 Å². The van der Waals surface area contributed by atoms with Gasteiger partial charge in [0.1, 0.15) is 0 Å². The number of carbonyl (C=O) groups is 1. The maximum Gasteiger partial charge on any atom is 0.224 e. The Balaban J connectivity index is 2.21. The number of anilines is 1. The van der Waals surface area contributed by atoms with Gasteiger partial charge in [0.25, 0.3) is 0 Å². The van der Waals surface area contributed by atoms with Crippen LogP contribution in [0.25, 0.3) is 0 Å². The molecular weight excluding hydrogens is 326 g/mol. The first-order valence-electron chi connectivity index (χ1n) is 6.88. The third-order valence-corrected chi connectivity index (χ3v) is 4.17. The van der Waals surface area contributed by atoms with E-state index >= 15 is 0 Å². The summed E-state index contributed by atoms with van der Waals surface area (Å²) in [6, 6.07) is 5.40. The van der Waals surface area contributed by atoms with Crippen molar-refractivity contribution < 1.29 is 4.79 Å². The van der Waals surface area contributed by atoms with Gasteiger partial charge in [-0.05, 0) is 40.5 Å². The molecule has 0 saturated carbocycles. The summed E-state index contributed by atoms with van der Waals surface area (Å²) in [6.45, 7) is 2.21. The van der Waals surface area contributed by atoms with Crippen LogP contribution in [-0.4, -0.2) is 5.91 Å². The lowest BCUT2D eigenvalue weighted by Gasteiger charge is -2.06. The van der Waals surface area contributed by atoms with Crippen molar-refractivity contribution in [1.29, 1.82) is 0 Å². The molecule has 0 heterocycles. The molecule has 0 aromatic heterocycles. The number of halogens is 2. The van der Waals surface area contributed by atoms with Crippen LogP contribution in [0.1, 0.15) is 51.9 Å². The Morgan fingerprint density at radius 1 is 1.21 bits per heavy atom. The molecule has 1 rings (SSSR count). The van der Waals surface area contributed by atoms with Crippen LogP contribution >= 0.6 is 27.5 Å². The molecule has 0 aliphatic carbocycles. The molecule has 0 saturated heterocycles. The smallest absolute Gasteiger partial charge is 0.224 e. The summed E-state index contributed by atoms with van der Waals surface area (Å²) in [7, 11) is 0. The van der Waals surface area contributed by atoms with Crippen LogP contribution in [0, 0.1) is 0 Å². The minimum absolute atomic E-state index is 0.0738. The van der Waals surface area contributed by atoms with Gasteiger partial charge in [-0.25, -0.2) is 0 Å². The van der Waals surface area contributed by atoms with Crippen LogP contribution in [-0.2, 0) is 4.79 Å². The van der Waals surface area contributed by atoms with Crippen molar-refractivity contribution in [2.24, 2.45) is 0 Å². The molecule has 4 heteroatoms. The van der Waals surface area contributed by atoms with Gasteiger partial charge in [-0.3, -0.25) is 4.79 Å². The normalized spacial score (nSPS) is 10.5. The Bertz CT molecular complexity index is 409. The van der Waals surface area contributed by atoms with Crippen LogP contribution in [0.5, 0.6) is 0 Å². The van der Waals surface area contributed by atoms with E-state index < -0.39 is 0 Å². The van der Waals surface area contributed by atoms with E-state index in [1.807, 2.05) is 12.1 Å². The van der Waals surface area contributed by atoms with Gasteiger partial charge >= 0.3 is 0 Å². The van der Waals surface area contributed by atoms with Gasteiger partial charge in [-0.2, -0.15) is 0 Å². The van der Waals surface area contributed by atoms with Crippen LogP contribution in [0.2, 0.25) is 5.02 Å². The molecule has 2 nitrogen and oxygen atoms in total. The van der Waals surface area contributed by atoms with Gasteiger partial charge < -0.3 is 5.32 Å². The molecule has 1 aromatic rings. The zero-order valence-electron chi connectivity index (χ0n) is 11.3. The van der Waals surface area contributed by atoms with E-state index in [1.54, 1.807) is 6.07 Å². The Morgan fingerprint density at radius 3 is 2.58 bits per heavy atom. The molecule has 0 aliphatic heterocycles. The van der Waals surface area contributed by atoms with Crippen molar-refractivity contribution in [2.75, 3.05) is 5.32 Å². The average Bonchev–Trinajstić information content (AvgIpc) is 2.38. The summed E-state index contributed by atoms with van der Waals surface area (Å²) in [5.41, 5.74) is 0.784. The quantitative estimate of drug-likeness (QED) is 0.593. The largest absolute Gasteiger partial charge is 0.326 e. The van der Waals surface area contributed by atoms with E-state index in [0.717, 1.165) is 23.0 Å². The molecule has 0 aliphatic rings. The van der Waals surface area contributed by atoms with E-state index in [0.29, 0.717) is 11.4 Å². The molecule has 0 bridgehead atoms. The second-order valence-corrected chi connectivity index (χ2v) is 5.96.